The number of piperidine rings is 1. The van der Waals surface area contributed by atoms with Crippen molar-refractivity contribution in [3.8, 4) is 0 Å². The van der Waals surface area contributed by atoms with E-state index in [9.17, 15) is 9.59 Å². The zero-order valence-electron chi connectivity index (χ0n) is 12.7. The first-order valence-corrected chi connectivity index (χ1v) is 7.71. The molecule has 4 heteroatoms. The Morgan fingerprint density at radius 2 is 2.05 bits per heavy atom. The fourth-order valence-corrected chi connectivity index (χ4v) is 2.68. The van der Waals surface area contributed by atoms with E-state index in [0.717, 1.165) is 37.8 Å². The average Bonchev–Trinajstić information content (AvgIpc) is 3.09. The van der Waals surface area contributed by atoms with Crippen molar-refractivity contribution in [2.45, 2.75) is 26.2 Å². The quantitative estimate of drug-likeness (QED) is 0.576. The van der Waals surface area contributed by atoms with Crippen molar-refractivity contribution in [3.63, 3.8) is 0 Å². The number of hydrogen-bond acceptors (Lipinski definition) is 2. The Morgan fingerprint density at radius 3 is 2.67 bits per heavy atom. The number of rotatable bonds is 7. The van der Waals surface area contributed by atoms with E-state index in [4.69, 9.17) is 0 Å². The predicted molar refractivity (Wildman–Crippen MR) is 83.5 cm³/mol. The molecule has 4 nitrogen and oxygen atoms in total. The van der Waals surface area contributed by atoms with Gasteiger partial charge in [0.05, 0.1) is 6.54 Å². The number of carbonyl (C=O) groups is 2. The standard InChI is InChI=1S/C17H24N2O2/c1-3-5-6-8-13(7-4-2)17(21)18-10-16(20)19-11-14-9-15(14)12-19/h4,6-8,14-15H,2-3,5,9-12H2,1H3,(H,18,21)/b8-6-,13-7+. The third kappa shape index (κ3) is 4.31. The second-order valence-corrected chi connectivity index (χ2v) is 5.79. The van der Waals surface area contributed by atoms with Gasteiger partial charge in [0, 0.05) is 18.7 Å². The Bertz CT molecular complexity index is 469. The third-order valence-electron chi connectivity index (χ3n) is 4.04. The molecule has 0 radical (unpaired) electrons. The number of likely N-dealkylation sites (tertiary alicyclic amines) is 1. The lowest BCUT2D eigenvalue weighted by atomic mass is 10.2. The van der Waals surface area contributed by atoms with Crippen LogP contribution in [-0.4, -0.2) is 36.3 Å². The number of hydrogen-bond donors (Lipinski definition) is 1. The molecule has 1 saturated heterocycles. The van der Waals surface area contributed by atoms with Gasteiger partial charge in [-0.15, -0.1) is 0 Å². The first-order valence-electron chi connectivity index (χ1n) is 7.71. The molecule has 1 saturated carbocycles. The molecule has 0 aromatic heterocycles. The third-order valence-corrected chi connectivity index (χ3v) is 4.04. The molecule has 0 bridgehead atoms. The molecular weight excluding hydrogens is 264 g/mol. The molecule has 1 heterocycles. The van der Waals surface area contributed by atoms with E-state index < -0.39 is 0 Å². The van der Waals surface area contributed by atoms with Gasteiger partial charge < -0.3 is 10.2 Å². The molecule has 2 atom stereocenters. The number of nitrogens with one attached hydrogen (secondary N) is 1. The monoisotopic (exact) mass is 288 g/mol. The van der Waals surface area contributed by atoms with Crippen LogP contribution in [0.5, 0.6) is 0 Å². The summed E-state index contributed by atoms with van der Waals surface area (Å²) in [6.07, 6.45) is 10.2. The number of amides is 2. The molecule has 0 aromatic rings. The summed E-state index contributed by atoms with van der Waals surface area (Å²) in [5, 5.41) is 2.70. The zero-order chi connectivity index (χ0) is 15.2. The van der Waals surface area contributed by atoms with E-state index in [2.05, 4.69) is 18.8 Å². The SMILES string of the molecule is C=C/C=C(\C=C/CCC)C(=O)NCC(=O)N1CC2CC2C1. The fourth-order valence-electron chi connectivity index (χ4n) is 2.68. The summed E-state index contributed by atoms with van der Waals surface area (Å²) in [5.41, 5.74) is 0.538. The van der Waals surface area contributed by atoms with Crippen molar-refractivity contribution in [3.05, 3.63) is 36.5 Å². The molecule has 0 spiro atoms. The Labute approximate surface area is 126 Å². The van der Waals surface area contributed by atoms with Gasteiger partial charge >= 0.3 is 0 Å². The van der Waals surface area contributed by atoms with Gasteiger partial charge in [0.2, 0.25) is 5.91 Å². The van der Waals surface area contributed by atoms with E-state index in [-0.39, 0.29) is 18.4 Å². The highest BCUT2D eigenvalue weighted by Crippen LogP contribution is 2.44. The summed E-state index contributed by atoms with van der Waals surface area (Å²) in [4.78, 5) is 25.9. The maximum absolute atomic E-state index is 12.1. The maximum atomic E-state index is 12.1. The van der Waals surface area contributed by atoms with Crippen molar-refractivity contribution >= 4 is 11.8 Å². The maximum Gasteiger partial charge on any atom is 0.251 e. The first-order chi connectivity index (χ1) is 10.2. The van der Waals surface area contributed by atoms with Crippen LogP contribution in [0.25, 0.3) is 0 Å². The van der Waals surface area contributed by atoms with E-state index in [0.29, 0.717) is 5.57 Å². The van der Waals surface area contributed by atoms with Crippen molar-refractivity contribution in [1.29, 1.82) is 0 Å². The van der Waals surface area contributed by atoms with Crippen LogP contribution < -0.4 is 5.32 Å². The van der Waals surface area contributed by atoms with E-state index in [1.165, 1.54) is 6.42 Å². The second-order valence-electron chi connectivity index (χ2n) is 5.79. The number of nitrogens with zero attached hydrogens (tertiary/aromatic N) is 1. The Hall–Kier alpha value is -1.84. The summed E-state index contributed by atoms with van der Waals surface area (Å²) in [7, 11) is 0. The van der Waals surface area contributed by atoms with Gasteiger partial charge in [-0.05, 0) is 24.7 Å². The van der Waals surface area contributed by atoms with Gasteiger partial charge in [-0.2, -0.15) is 0 Å². The Morgan fingerprint density at radius 1 is 1.33 bits per heavy atom. The second kappa shape index (κ2) is 7.25. The van der Waals surface area contributed by atoms with Gasteiger partial charge in [0.1, 0.15) is 0 Å². The lowest BCUT2D eigenvalue weighted by molar-refractivity contribution is -0.131. The van der Waals surface area contributed by atoms with Gasteiger partial charge in [0.25, 0.3) is 5.91 Å². The molecule has 1 aliphatic carbocycles. The first kappa shape index (κ1) is 15.5. The molecule has 2 rings (SSSR count). The van der Waals surface area contributed by atoms with Gasteiger partial charge in [-0.3, -0.25) is 9.59 Å². The van der Waals surface area contributed by atoms with Crippen LogP contribution in [0, 0.1) is 11.8 Å². The largest absolute Gasteiger partial charge is 0.343 e. The molecule has 0 aromatic carbocycles. The molecule has 2 unspecified atom stereocenters. The van der Waals surface area contributed by atoms with Crippen molar-refractivity contribution < 1.29 is 9.59 Å². The molecule has 114 valence electrons. The average molecular weight is 288 g/mol. The number of carbonyl (C=O) groups excluding carboxylic acids is 2. The normalized spacial score (nSPS) is 24.0. The number of fused-ring (bicyclic) bond motifs is 1. The van der Waals surface area contributed by atoms with Gasteiger partial charge in [0.15, 0.2) is 0 Å². The lowest BCUT2D eigenvalue weighted by Crippen LogP contribution is -2.40. The van der Waals surface area contributed by atoms with Crippen molar-refractivity contribution in [1.82, 2.24) is 10.2 Å². The highest BCUT2D eigenvalue weighted by Gasteiger charge is 2.46. The van der Waals surface area contributed by atoms with Crippen LogP contribution in [0.4, 0.5) is 0 Å². The Kier molecular flexibility index (Phi) is 5.37. The minimum absolute atomic E-state index is 0.0195. The van der Waals surface area contributed by atoms with Crippen LogP contribution in [0.2, 0.25) is 0 Å². The van der Waals surface area contributed by atoms with Crippen LogP contribution in [0.15, 0.2) is 36.5 Å². The summed E-state index contributed by atoms with van der Waals surface area (Å²) in [5.74, 6) is 1.24. The minimum Gasteiger partial charge on any atom is -0.343 e. The lowest BCUT2D eigenvalue weighted by Gasteiger charge is -2.18. The summed E-state index contributed by atoms with van der Waals surface area (Å²) < 4.78 is 0. The molecule has 2 aliphatic rings. The van der Waals surface area contributed by atoms with E-state index in [1.807, 2.05) is 11.0 Å². The summed E-state index contributed by atoms with van der Waals surface area (Å²) in [6, 6.07) is 0. The van der Waals surface area contributed by atoms with Crippen molar-refractivity contribution in [2.24, 2.45) is 11.8 Å². The van der Waals surface area contributed by atoms with Gasteiger partial charge in [-0.1, -0.05) is 44.2 Å². The minimum atomic E-state index is -0.222. The highest BCUT2D eigenvalue weighted by atomic mass is 16.2. The van der Waals surface area contributed by atoms with E-state index >= 15 is 0 Å². The van der Waals surface area contributed by atoms with E-state index in [1.54, 1.807) is 18.2 Å². The van der Waals surface area contributed by atoms with Crippen LogP contribution in [0.3, 0.4) is 0 Å². The zero-order valence-corrected chi connectivity index (χ0v) is 12.7. The molecule has 1 N–H and O–H groups in total. The smallest absolute Gasteiger partial charge is 0.251 e. The van der Waals surface area contributed by atoms with Crippen LogP contribution >= 0.6 is 0 Å². The summed E-state index contributed by atoms with van der Waals surface area (Å²) >= 11 is 0. The molecule has 1 aliphatic heterocycles. The topological polar surface area (TPSA) is 49.4 Å². The highest BCUT2D eigenvalue weighted by molar-refractivity contribution is 5.98. The molecule has 2 fully saturated rings. The Balaban J connectivity index is 1.79. The predicted octanol–water partition coefficient (Wildman–Crippen LogP) is 2.05. The van der Waals surface area contributed by atoms with Crippen molar-refractivity contribution in [2.75, 3.05) is 19.6 Å². The van der Waals surface area contributed by atoms with Crippen LogP contribution in [-0.2, 0) is 9.59 Å². The molecule has 21 heavy (non-hydrogen) atoms. The molecule has 2 amide bonds. The summed E-state index contributed by atoms with van der Waals surface area (Å²) in [6.45, 7) is 7.51. The van der Waals surface area contributed by atoms with Gasteiger partial charge in [-0.25, -0.2) is 0 Å². The van der Waals surface area contributed by atoms with Crippen LogP contribution in [0.1, 0.15) is 26.2 Å². The fraction of sp³-hybridized carbons (Fsp3) is 0.529. The molecular formula is C17H24N2O2. The number of unbranched alkanes of at least 4 members (excludes halogenated alkanes) is 1. The number of allylic oxidation sites excluding steroid dienone is 3.